The number of amides is 1. The molecule has 0 radical (unpaired) electrons. The lowest BCUT2D eigenvalue weighted by Crippen LogP contribution is -2.40. The Morgan fingerprint density at radius 2 is 1.87 bits per heavy atom. The van der Waals surface area contributed by atoms with E-state index in [0.29, 0.717) is 22.1 Å². The van der Waals surface area contributed by atoms with Crippen LogP contribution in [0.5, 0.6) is 0 Å². The van der Waals surface area contributed by atoms with Crippen LogP contribution in [-0.2, 0) is 7.05 Å². The molecule has 1 aromatic heterocycles. The molecule has 0 spiro atoms. The van der Waals surface area contributed by atoms with Gasteiger partial charge in [0.2, 0.25) is 0 Å². The van der Waals surface area contributed by atoms with Gasteiger partial charge >= 0.3 is 0 Å². The maximum Gasteiger partial charge on any atom is 0.279 e. The quantitative estimate of drug-likeness (QED) is 0.711. The zero-order valence-electron chi connectivity index (χ0n) is 8.78. The van der Waals surface area contributed by atoms with E-state index in [9.17, 15) is 4.79 Å². The second kappa shape index (κ2) is 3.10. The first kappa shape index (κ1) is 10.2. The van der Waals surface area contributed by atoms with E-state index in [1.165, 1.54) is 4.90 Å². The van der Waals surface area contributed by atoms with Crippen LogP contribution in [0.15, 0.2) is 17.1 Å². The second-order valence-corrected chi connectivity index (χ2v) is 4.16. The highest BCUT2D eigenvalue weighted by molar-refractivity contribution is 9.10. The number of carbonyl (C=O) groups excluding carboxylic acids is 1. The van der Waals surface area contributed by atoms with Crippen molar-refractivity contribution in [3.05, 3.63) is 22.8 Å². The average molecular weight is 271 g/mol. The van der Waals surface area contributed by atoms with Gasteiger partial charge in [0.05, 0.1) is 0 Å². The molecule has 0 atom stereocenters. The van der Waals surface area contributed by atoms with Crippen LogP contribution < -0.4 is 4.90 Å². The smallest absolute Gasteiger partial charge is 0.279 e. The third-order valence-corrected chi connectivity index (χ3v) is 3.33. The summed E-state index contributed by atoms with van der Waals surface area (Å²) in [5, 5.41) is 0. The molecular formula is C9H11BrN4O. The fraction of sp³-hybridized carbons (Fsp3) is 0.333. The molecule has 1 aliphatic rings. The highest BCUT2D eigenvalue weighted by Crippen LogP contribution is 2.31. The molecule has 80 valence electrons. The van der Waals surface area contributed by atoms with Gasteiger partial charge < -0.3 is 9.47 Å². The minimum atomic E-state index is -0.0891. The van der Waals surface area contributed by atoms with Crippen molar-refractivity contribution >= 4 is 27.7 Å². The number of anilines is 1. The molecule has 0 saturated carbocycles. The molecule has 2 heterocycles. The zero-order chi connectivity index (χ0) is 11.3. The topological polar surface area (TPSA) is 41.4 Å². The minimum absolute atomic E-state index is 0.0891. The summed E-state index contributed by atoms with van der Waals surface area (Å²) >= 11 is 3.30. The number of carbonyl (C=O) groups is 1. The molecule has 0 bridgehead atoms. The molecule has 5 nitrogen and oxygen atoms in total. The molecule has 0 unspecified atom stereocenters. The van der Waals surface area contributed by atoms with Crippen LogP contribution in [0, 0.1) is 0 Å². The van der Waals surface area contributed by atoms with Crippen LogP contribution in [0.3, 0.4) is 0 Å². The van der Waals surface area contributed by atoms with Gasteiger partial charge in [-0.25, -0.2) is 4.98 Å². The maximum absolute atomic E-state index is 12.0. The lowest BCUT2D eigenvalue weighted by atomic mass is 10.3. The minimum Gasteiger partial charge on any atom is -0.316 e. The predicted octanol–water partition coefficient (Wildman–Crippen LogP) is 1.18. The summed E-state index contributed by atoms with van der Waals surface area (Å²) in [7, 11) is 5.33. The van der Waals surface area contributed by atoms with Crippen molar-refractivity contribution in [1.29, 1.82) is 0 Å². The Morgan fingerprint density at radius 1 is 1.27 bits per heavy atom. The normalized spacial score (nSPS) is 16.0. The number of rotatable bonds is 0. The van der Waals surface area contributed by atoms with E-state index in [0.717, 1.165) is 0 Å². The van der Waals surface area contributed by atoms with E-state index in [4.69, 9.17) is 0 Å². The van der Waals surface area contributed by atoms with E-state index < -0.39 is 0 Å². The van der Waals surface area contributed by atoms with E-state index >= 15 is 0 Å². The first-order valence-electron chi connectivity index (χ1n) is 4.38. The number of hydrogen-bond acceptors (Lipinski definition) is 3. The molecule has 1 amide bonds. The van der Waals surface area contributed by atoms with Crippen LogP contribution >= 0.6 is 15.9 Å². The van der Waals surface area contributed by atoms with Gasteiger partial charge in [-0.1, -0.05) is 6.58 Å². The maximum atomic E-state index is 12.0. The van der Waals surface area contributed by atoms with Gasteiger partial charge in [0.15, 0.2) is 16.2 Å². The van der Waals surface area contributed by atoms with Gasteiger partial charge in [0.1, 0.15) is 5.82 Å². The Labute approximate surface area is 96.1 Å². The first-order valence-corrected chi connectivity index (χ1v) is 5.17. The molecule has 6 heteroatoms. The van der Waals surface area contributed by atoms with E-state index in [1.807, 2.05) is 7.05 Å². The third-order valence-electron chi connectivity index (χ3n) is 2.62. The van der Waals surface area contributed by atoms with Gasteiger partial charge in [-0.2, -0.15) is 0 Å². The van der Waals surface area contributed by atoms with Crippen molar-refractivity contribution in [2.45, 2.75) is 0 Å². The average Bonchev–Trinajstić information content (AvgIpc) is 2.50. The van der Waals surface area contributed by atoms with E-state index in [-0.39, 0.29) is 5.91 Å². The van der Waals surface area contributed by atoms with Crippen LogP contribution in [0.1, 0.15) is 10.5 Å². The van der Waals surface area contributed by atoms with Crippen LogP contribution in [0.25, 0.3) is 0 Å². The predicted molar refractivity (Wildman–Crippen MR) is 60.5 cm³/mol. The molecule has 1 aromatic rings. The van der Waals surface area contributed by atoms with Crippen LogP contribution in [-0.4, -0.2) is 34.5 Å². The number of aromatic nitrogens is 2. The number of hydrogen-bond donors (Lipinski definition) is 0. The summed E-state index contributed by atoms with van der Waals surface area (Å²) in [4.78, 5) is 19.5. The van der Waals surface area contributed by atoms with Crippen molar-refractivity contribution < 1.29 is 4.79 Å². The number of nitrogens with zero attached hydrogens (tertiary/aromatic N) is 4. The Kier molecular flexibility index (Phi) is 2.11. The Hall–Kier alpha value is -1.30. The number of fused-ring (bicyclic) bond motifs is 1. The lowest BCUT2D eigenvalue weighted by Gasteiger charge is -2.32. The first-order chi connectivity index (χ1) is 6.95. The zero-order valence-corrected chi connectivity index (χ0v) is 10.4. The molecule has 0 fully saturated rings. The van der Waals surface area contributed by atoms with Crippen LogP contribution in [0.4, 0.5) is 5.82 Å². The highest BCUT2D eigenvalue weighted by Gasteiger charge is 2.33. The number of halogens is 1. The monoisotopic (exact) mass is 270 g/mol. The fourth-order valence-electron chi connectivity index (χ4n) is 1.55. The van der Waals surface area contributed by atoms with Gasteiger partial charge in [-0.3, -0.25) is 9.69 Å². The molecule has 0 N–H and O–H groups in total. The van der Waals surface area contributed by atoms with Crippen molar-refractivity contribution in [3.63, 3.8) is 0 Å². The lowest BCUT2D eigenvalue weighted by molar-refractivity contribution is 0.0816. The van der Waals surface area contributed by atoms with E-state index in [1.54, 1.807) is 23.6 Å². The summed E-state index contributed by atoms with van der Waals surface area (Å²) in [6.07, 6.45) is 0. The second-order valence-electron chi connectivity index (χ2n) is 3.45. The Morgan fingerprint density at radius 3 is 2.47 bits per heavy atom. The van der Waals surface area contributed by atoms with E-state index in [2.05, 4.69) is 27.5 Å². The van der Waals surface area contributed by atoms with Crippen LogP contribution in [0.2, 0.25) is 0 Å². The number of imidazole rings is 1. The van der Waals surface area contributed by atoms with Crippen molar-refractivity contribution in [1.82, 2.24) is 14.5 Å². The van der Waals surface area contributed by atoms with Gasteiger partial charge in [0, 0.05) is 21.1 Å². The summed E-state index contributed by atoms with van der Waals surface area (Å²) in [6.45, 7) is 3.83. The SMILES string of the molecule is C=C1N(C)C(=O)c2c(nc(Br)n2C)N1C. The standard InChI is InChI=1S/C9H11BrN4O/c1-5-12(2)7-6(8(15)13(5)3)14(4)9(10)11-7/h1H2,2-4H3. The van der Waals surface area contributed by atoms with Gasteiger partial charge in [-0.05, 0) is 15.9 Å². The van der Waals surface area contributed by atoms with Crippen molar-refractivity contribution in [2.24, 2.45) is 7.05 Å². The molecular weight excluding hydrogens is 260 g/mol. The molecule has 0 aliphatic carbocycles. The highest BCUT2D eigenvalue weighted by atomic mass is 79.9. The Balaban J connectivity index is 2.69. The Bertz CT molecular complexity index is 465. The third kappa shape index (κ3) is 1.21. The van der Waals surface area contributed by atoms with Gasteiger partial charge in [0.25, 0.3) is 5.91 Å². The summed E-state index contributed by atoms with van der Waals surface area (Å²) < 4.78 is 2.35. The molecule has 15 heavy (non-hydrogen) atoms. The molecule has 1 aliphatic heterocycles. The summed E-state index contributed by atoms with van der Waals surface area (Å²) in [6, 6.07) is 0. The largest absolute Gasteiger partial charge is 0.316 e. The summed E-state index contributed by atoms with van der Waals surface area (Å²) in [5.41, 5.74) is 0.569. The summed E-state index contributed by atoms with van der Waals surface area (Å²) in [5.74, 6) is 1.17. The fourth-order valence-corrected chi connectivity index (χ4v) is 1.90. The van der Waals surface area contributed by atoms with Crippen molar-refractivity contribution in [2.75, 3.05) is 19.0 Å². The molecule has 0 aromatic carbocycles. The molecule has 2 rings (SSSR count). The molecule has 0 saturated heterocycles. The van der Waals surface area contributed by atoms with Gasteiger partial charge in [-0.15, -0.1) is 0 Å². The van der Waals surface area contributed by atoms with Crippen molar-refractivity contribution in [3.8, 4) is 0 Å².